The first-order chi connectivity index (χ1) is 6.80. The fourth-order valence-corrected chi connectivity index (χ4v) is 2.80. The number of ether oxygens (including phenoxy) is 1. The van der Waals surface area contributed by atoms with Crippen molar-refractivity contribution in [3.63, 3.8) is 0 Å². The van der Waals surface area contributed by atoms with E-state index in [0.717, 1.165) is 10.9 Å². The van der Waals surface area contributed by atoms with Crippen molar-refractivity contribution in [1.29, 1.82) is 0 Å². The van der Waals surface area contributed by atoms with Crippen LogP contribution in [0.1, 0.15) is 13.8 Å². The van der Waals surface area contributed by atoms with Gasteiger partial charge in [0.25, 0.3) is 0 Å². The Labute approximate surface area is 92.3 Å². The Bertz CT molecular complexity index is 342. The second-order valence-corrected chi connectivity index (χ2v) is 10.1. The lowest BCUT2D eigenvalue weighted by molar-refractivity contribution is 0.242. The average Bonchev–Trinajstić information content (AvgIpc) is 2.05. The van der Waals surface area contributed by atoms with Gasteiger partial charge >= 0.3 is 0 Å². The summed E-state index contributed by atoms with van der Waals surface area (Å²) in [6, 6.07) is 5.05. The van der Waals surface area contributed by atoms with Gasteiger partial charge in [0.05, 0.1) is 14.2 Å². The van der Waals surface area contributed by atoms with Gasteiger partial charge in [-0.15, -0.1) is 0 Å². The van der Waals surface area contributed by atoms with Crippen LogP contribution in [-0.2, 0) is 0 Å². The van der Waals surface area contributed by atoms with Gasteiger partial charge in [0.2, 0.25) is 0 Å². The first kappa shape index (κ1) is 12.2. The van der Waals surface area contributed by atoms with Gasteiger partial charge in [-0.05, 0) is 37.2 Å². The zero-order chi connectivity index (χ0) is 11.6. The van der Waals surface area contributed by atoms with Crippen molar-refractivity contribution < 1.29 is 9.13 Å². The molecule has 0 atom stereocenters. The van der Waals surface area contributed by atoms with Crippen LogP contribution in [0.5, 0.6) is 5.75 Å². The largest absolute Gasteiger partial charge is 0.491 e. The minimum atomic E-state index is -1.62. The van der Waals surface area contributed by atoms with Gasteiger partial charge in [-0.1, -0.05) is 19.6 Å². The normalized spacial score (nSPS) is 11.9. The van der Waals surface area contributed by atoms with Crippen LogP contribution in [0.3, 0.4) is 0 Å². The minimum absolute atomic E-state index is 0.106. The van der Waals surface area contributed by atoms with Gasteiger partial charge in [-0.2, -0.15) is 0 Å². The first-order valence-electron chi connectivity index (χ1n) is 5.27. The zero-order valence-corrected chi connectivity index (χ0v) is 11.1. The molecule has 0 saturated carbocycles. The van der Waals surface area contributed by atoms with Gasteiger partial charge in [0.1, 0.15) is 11.6 Å². The van der Waals surface area contributed by atoms with Crippen LogP contribution in [0.25, 0.3) is 0 Å². The minimum Gasteiger partial charge on any atom is -0.491 e. The van der Waals surface area contributed by atoms with Gasteiger partial charge in [-0.25, -0.2) is 4.39 Å². The van der Waals surface area contributed by atoms with E-state index in [2.05, 4.69) is 19.6 Å². The predicted molar refractivity (Wildman–Crippen MR) is 65.1 cm³/mol. The Kier molecular flexibility index (Phi) is 3.55. The van der Waals surface area contributed by atoms with Gasteiger partial charge in [0.15, 0.2) is 0 Å². The fourth-order valence-electron chi connectivity index (χ4n) is 1.42. The third kappa shape index (κ3) is 3.34. The molecule has 0 unspecified atom stereocenters. The van der Waals surface area contributed by atoms with Crippen LogP contribution in [0.15, 0.2) is 18.2 Å². The summed E-state index contributed by atoms with van der Waals surface area (Å²) in [4.78, 5) is 0. The smallest absolute Gasteiger partial charge is 0.122 e. The highest BCUT2D eigenvalue weighted by Crippen LogP contribution is 2.15. The molecule has 1 nitrogen and oxygen atoms in total. The Morgan fingerprint density at radius 2 is 1.80 bits per heavy atom. The molecule has 0 aliphatic rings. The summed E-state index contributed by atoms with van der Waals surface area (Å²) in [7, 11) is -1.62. The zero-order valence-electron chi connectivity index (χ0n) is 10.1. The number of hydrogen-bond donors (Lipinski definition) is 0. The van der Waals surface area contributed by atoms with Crippen molar-refractivity contribution in [1.82, 2.24) is 0 Å². The SMILES string of the molecule is CC(C)Oc1ccc(F)c([Si](C)(C)C)c1. The lowest BCUT2D eigenvalue weighted by Crippen LogP contribution is -2.40. The van der Waals surface area contributed by atoms with Gasteiger partial charge in [-0.3, -0.25) is 0 Å². The molecule has 0 bridgehead atoms. The van der Waals surface area contributed by atoms with Crippen LogP contribution in [0.2, 0.25) is 19.6 Å². The molecule has 0 aliphatic carbocycles. The fraction of sp³-hybridized carbons (Fsp3) is 0.500. The summed E-state index contributed by atoms with van der Waals surface area (Å²) in [5.74, 6) is 0.661. The second kappa shape index (κ2) is 4.35. The summed E-state index contributed by atoms with van der Waals surface area (Å²) in [6.45, 7) is 10.3. The van der Waals surface area contributed by atoms with Crippen LogP contribution in [-0.4, -0.2) is 14.2 Å². The van der Waals surface area contributed by atoms with Crippen LogP contribution >= 0.6 is 0 Å². The molecule has 0 radical (unpaired) electrons. The molecule has 0 aromatic heterocycles. The van der Waals surface area contributed by atoms with E-state index in [9.17, 15) is 4.39 Å². The van der Waals surface area contributed by atoms with Crippen molar-refractivity contribution in [2.75, 3.05) is 0 Å². The lowest BCUT2D eigenvalue weighted by Gasteiger charge is -2.19. The Morgan fingerprint density at radius 3 is 2.27 bits per heavy atom. The molecule has 0 spiro atoms. The highest BCUT2D eigenvalue weighted by Gasteiger charge is 2.21. The topological polar surface area (TPSA) is 9.23 Å². The molecule has 0 fully saturated rings. The lowest BCUT2D eigenvalue weighted by atomic mass is 10.3. The van der Waals surface area contributed by atoms with E-state index < -0.39 is 8.07 Å². The van der Waals surface area contributed by atoms with Crippen LogP contribution < -0.4 is 9.92 Å². The Morgan fingerprint density at radius 1 is 1.20 bits per heavy atom. The molecular formula is C12H19FOSi. The van der Waals surface area contributed by atoms with Crippen molar-refractivity contribution in [3.05, 3.63) is 24.0 Å². The quantitative estimate of drug-likeness (QED) is 0.719. The maximum atomic E-state index is 13.6. The summed E-state index contributed by atoms with van der Waals surface area (Å²) in [5.41, 5.74) is 0. The van der Waals surface area contributed by atoms with E-state index in [1.165, 1.54) is 6.07 Å². The number of benzene rings is 1. The average molecular weight is 226 g/mol. The summed E-state index contributed by atoms with van der Waals surface area (Å²) in [5, 5.41) is 0.834. The molecule has 3 heteroatoms. The molecule has 0 heterocycles. The van der Waals surface area contributed by atoms with E-state index in [1.807, 2.05) is 19.9 Å². The molecule has 1 rings (SSSR count). The van der Waals surface area contributed by atoms with Crippen molar-refractivity contribution in [2.45, 2.75) is 39.6 Å². The molecule has 15 heavy (non-hydrogen) atoms. The highest BCUT2D eigenvalue weighted by molar-refractivity contribution is 6.88. The Balaban J connectivity index is 3.06. The van der Waals surface area contributed by atoms with Crippen molar-refractivity contribution >= 4 is 13.3 Å². The molecule has 1 aromatic rings. The molecule has 84 valence electrons. The number of halogens is 1. The first-order valence-corrected chi connectivity index (χ1v) is 8.77. The monoisotopic (exact) mass is 226 g/mol. The second-order valence-electron chi connectivity index (χ2n) is 5.06. The van der Waals surface area contributed by atoms with Crippen molar-refractivity contribution in [2.24, 2.45) is 0 Å². The summed E-state index contributed by atoms with van der Waals surface area (Å²) >= 11 is 0. The van der Waals surface area contributed by atoms with Crippen LogP contribution in [0, 0.1) is 5.82 Å². The maximum absolute atomic E-state index is 13.6. The molecular weight excluding hydrogens is 207 g/mol. The van der Waals surface area contributed by atoms with E-state index in [0.29, 0.717) is 0 Å². The molecule has 0 amide bonds. The summed E-state index contributed by atoms with van der Waals surface area (Å²) < 4.78 is 19.1. The maximum Gasteiger partial charge on any atom is 0.122 e. The molecule has 0 saturated heterocycles. The molecule has 0 aliphatic heterocycles. The number of rotatable bonds is 3. The van der Waals surface area contributed by atoms with Crippen molar-refractivity contribution in [3.8, 4) is 5.75 Å². The van der Waals surface area contributed by atoms with E-state index >= 15 is 0 Å². The molecule has 1 aromatic carbocycles. The predicted octanol–water partition coefficient (Wildman–Crippen LogP) is 3.16. The van der Waals surface area contributed by atoms with E-state index in [4.69, 9.17) is 4.74 Å². The molecule has 0 N–H and O–H groups in total. The summed E-state index contributed by atoms with van der Waals surface area (Å²) in [6.07, 6.45) is 0.130. The Hall–Kier alpha value is -0.833. The third-order valence-corrected chi connectivity index (χ3v) is 4.12. The highest BCUT2D eigenvalue weighted by atomic mass is 28.3. The number of hydrogen-bond acceptors (Lipinski definition) is 1. The van der Waals surface area contributed by atoms with Gasteiger partial charge < -0.3 is 4.74 Å². The van der Waals surface area contributed by atoms with Crippen LogP contribution in [0.4, 0.5) is 4.39 Å². The van der Waals surface area contributed by atoms with E-state index in [-0.39, 0.29) is 11.9 Å². The van der Waals surface area contributed by atoms with E-state index in [1.54, 1.807) is 6.07 Å². The standard InChI is InChI=1S/C12H19FOSi/c1-9(2)14-10-6-7-11(13)12(8-10)15(3,4)5/h6-9H,1-5H3. The van der Waals surface area contributed by atoms with Gasteiger partial charge in [0, 0.05) is 0 Å². The third-order valence-electron chi connectivity index (χ3n) is 2.12.